The van der Waals surface area contributed by atoms with Crippen molar-refractivity contribution in [1.82, 2.24) is 0 Å². The van der Waals surface area contributed by atoms with E-state index >= 15 is 0 Å². The Morgan fingerprint density at radius 1 is 1.52 bits per heavy atom. The number of alkyl halides is 3. The van der Waals surface area contributed by atoms with Crippen LogP contribution in [0.2, 0.25) is 5.02 Å². The molecule has 0 fully saturated rings. The van der Waals surface area contributed by atoms with E-state index in [0.717, 1.165) is 0 Å². The predicted molar refractivity (Wildman–Crippen MR) is 67.5 cm³/mol. The van der Waals surface area contributed by atoms with Crippen molar-refractivity contribution in [3.8, 4) is 5.75 Å². The topological polar surface area (TPSA) is 55.8 Å². The lowest BCUT2D eigenvalue weighted by atomic mass is 9.89. The van der Waals surface area contributed by atoms with Crippen LogP contribution in [0.4, 0.5) is 13.2 Å². The lowest BCUT2D eigenvalue weighted by Crippen LogP contribution is -2.47. The van der Waals surface area contributed by atoms with Crippen LogP contribution in [0.1, 0.15) is 11.1 Å². The van der Waals surface area contributed by atoms with E-state index in [0.29, 0.717) is 16.1 Å². The van der Waals surface area contributed by atoms with E-state index in [1.54, 1.807) is 0 Å². The van der Waals surface area contributed by atoms with E-state index in [1.165, 1.54) is 19.2 Å². The monoisotopic (exact) mass is 324 g/mol. The molecule has 2 rings (SSSR count). The molecule has 0 bridgehead atoms. The largest absolute Gasteiger partial charge is 0.481 e. The van der Waals surface area contributed by atoms with Crippen LogP contribution >= 0.6 is 11.6 Å². The summed E-state index contributed by atoms with van der Waals surface area (Å²) in [5, 5.41) is 9.29. The molecule has 0 amide bonds. The summed E-state index contributed by atoms with van der Waals surface area (Å²) in [7, 11) is 1.39. The zero-order valence-electron chi connectivity index (χ0n) is 10.9. The predicted octanol–water partition coefficient (Wildman–Crippen LogP) is 3.05. The van der Waals surface area contributed by atoms with Crippen LogP contribution in [-0.4, -0.2) is 30.5 Å². The Bertz CT molecular complexity index is 559. The van der Waals surface area contributed by atoms with Gasteiger partial charge in [0.1, 0.15) is 11.7 Å². The second-order valence-corrected chi connectivity index (χ2v) is 5.15. The van der Waals surface area contributed by atoms with Crippen LogP contribution in [0.15, 0.2) is 12.1 Å². The first-order valence-corrected chi connectivity index (χ1v) is 6.38. The third-order valence-corrected chi connectivity index (χ3v) is 3.42. The van der Waals surface area contributed by atoms with Gasteiger partial charge in [0.2, 0.25) is 6.10 Å². The van der Waals surface area contributed by atoms with Gasteiger partial charge in [-0.25, -0.2) is 0 Å². The van der Waals surface area contributed by atoms with Crippen molar-refractivity contribution in [3.63, 3.8) is 0 Å². The Morgan fingerprint density at radius 2 is 2.19 bits per heavy atom. The number of benzene rings is 1. The molecule has 1 aliphatic rings. The van der Waals surface area contributed by atoms with Gasteiger partial charge < -0.3 is 14.6 Å². The number of carboxylic acids is 1. The molecule has 8 heteroatoms. The van der Waals surface area contributed by atoms with Gasteiger partial charge in [0.05, 0.1) is 6.61 Å². The molecule has 1 heterocycles. The van der Waals surface area contributed by atoms with Crippen LogP contribution in [-0.2, 0) is 22.6 Å². The Labute approximate surface area is 123 Å². The number of rotatable bonds is 3. The summed E-state index contributed by atoms with van der Waals surface area (Å²) >= 11 is 5.89. The van der Waals surface area contributed by atoms with Crippen molar-refractivity contribution in [1.29, 1.82) is 0 Å². The minimum absolute atomic E-state index is 0.000995. The van der Waals surface area contributed by atoms with Crippen molar-refractivity contribution in [3.05, 3.63) is 28.3 Å². The average molecular weight is 325 g/mol. The molecule has 0 spiro atoms. The molecule has 0 aliphatic carbocycles. The van der Waals surface area contributed by atoms with Crippen molar-refractivity contribution in [2.75, 3.05) is 7.11 Å². The van der Waals surface area contributed by atoms with E-state index in [4.69, 9.17) is 26.2 Å². The third-order valence-electron chi connectivity index (χ3n) is 3.20. The number of aliphatic carboxylic acids is 1. The second-order valence-electron chi connectivity index (χ2n) is 4.72. The van der Waals surface area contributed by atoms with Gasteiger partial charge in [-0.2, -0.15) is 13.2 Å². The number of hydrogen-bond acceptors (Lipinski definition) is 3. The van der Waals surface area contributed by atoms with Gasteiger partial charge >= 0.3 is 12.1 Å². The maximum atomic E-state index is 13.0. The Morgan fingerprint density at radius 3 is 2.71 bits per heavy atom. The maximum Gasteiger partial charge on any atom is 0.426 e. The quantitative estimate of drug-likeness (QED) is 0.928. The Hall–Kier alpha value is -1.47. The number of ether oxygens (including phenoxy) is 2. The van der Waals surface area contributed by atoms with Crippen molar-refractivity contribution in [2.24, 2.45) is 5.92 Å². The molecular formula is C13H12ClF3O4. The highest BCUT2D eigenvalue weighted by Crippen LogP contribution is 2.41. The molecule has 2 atom stereocenters. The molecule has 1 aliphatic heterocycles. The molecule has 0 saturated carbocycles. The lowest BCUT2D eigenvalue weighted by molar-refractivity contribution is -0.217. The molecule has 0 radical (unpaired) electrons. The first-order chi connectivity index (χ1) is 9.74. The van der Waals surface area contributed by atoms with Crippen LogP contribution in [0.5, 0.6) is 5.75 Å². The second kappa shape index (κ2) is 5.73. The first-order valence-electron chi connectivity index (χ1n) is 6.00. The Balaban J connectivity index is 2.49. The van der Waals surface area contributed by atoms with Crippen molar-refractivity contribution < 1.29 is 32.5 Å². The molecule has 0 aromatic heterocycles. The van der Waals surface area contributed by atoms with Gasteiger partial charge in [0.25, 0.3) is 0 Å². The van der Waals surface area contributed by atoms with E-state index in [9.17, 15) is 18.0 Å². The molecule has 21 heavy (non-hydrogen) atoms. The zero-order chi connectivity index (χ0) is 15.8. The van der Waals surface area contributed by atoms with E-state index in [2.05, 4.69) is 0 Å². The third kappa shape index (κ3) is 3.24. The van der Waals surface area contributed by atoms with Gasteiger partial charge in [-0.1, -0.05) is 11.6 Å². The van der Waals surface area contributed by atoms with Crippen molar-refractivity contribution >= 4 is 17.6 Å². The van der Waals surface area contributed by atoms with Gasteiger partial charge in [-0.3, -0.25) is 4.79 Å². The van der Waals surface area contributed by atoms with Crippen LogP contribution < -0.4 is 4.74 Å². The molecule has 0 saturated heterocycles. The van der Waals surface area contributed by atoms with E-state index < -0.39 is 24.2 Å². The highest BCUT2D eigenvalue weighted by atomic mass is 35.5. The first kappa shape index (κ1) is 15.9. The standard InChI is InChI=1S/C13H12ClF3O4/c1-20-5-7-3-8(14)2-6-4-9(12(18)19)11(13(15,16)17)21-10(6)7/h2-3,9,11H,4-5H2,1H3,(H,18,19)/t9-,11+/m1/s1. The fourth-order valence-electron chi connectivity index (χ4n) is 2.34. The number of carbonyl (C=O) groups is 1. The summed E-state index contributed by atoms with van der Waals surface area (Å²) in [6.45, 7) is 0.0191. The van der Waals surface area contributed by atoms with Gasteiger partial charge in [0.15, 0.2) is 0 Å². The molecule has 4 nitrogen and oxygen atoms in total. The number of carboxylic acid groups (broad SMARTS) is 1. The molecule has 0 unspecified atom stereocenters. The van der Waals surface area contributed by atoms with Crippen molar-refractivity contribution in [2.45, 2.75) is 25.3 Å². The summed E-state index contributed by atoms with van der Waals surface area (Å²) < 4.78 is 48.9. The fraction of sp³-hybridized carbons (Fsp3) is 0.462. The van der Waals surface area contributed by atoms with Crippen LogP contribution in [0, 0.1) is 5.92 Å². The maximum absolute atomic E-state index is 13.0. The molecular weight excluding hydrogens is 313 g/mol. The summed E-state index contributed by atoms with van der Waals surface area (Å²) in [4.78, 5) is 11.1. The summed E-state index contributed by atoms with van der Waals surface area (Å²) in [5.74, 6) is -3.26. The highest BCUT2D eigenvalue weighted by molar-refractivity contribution is 6.30. The van der Waals surface area contributed by atoms with Crippen LogP contribution in [0.25, 0.3) is 0 Å². The van der Waals surface area contributed by atoms with E-state index in [-0.39, 0.29) is 18.8 Å². The zero-order valence-corrected chi connectivity index (χ0v) is 11.7. The van der Waals surface area contributed by atoms with Gasteiger partial charge in [0, 0.05) is 17.7 Å². The highest BCUT2D eigenvalue weighted by Gasteiger charge is 2.52. The molecule has 1 aromatic carbocycles. The molecule has 1 N–H and O–H groups in total. The average Bonchev–Trinajstić information content (AvgIpc) is 2.36. The number of fused-ring (bicyclic) bond motifs is 1. The number of methoxy groups -OCH3 is 1. The summed E-state index contributed by atoms with van der Waals surface area (Å²) in [6, 6.07) is 2.86. The van der Waals surface area contributed by atoms with Gasteiger partial charge in [-0.05, 0) is 24.1 Å². The minimum atomic E-state index is -4.77. The van der Waals surface area contributed by atoms with Crippen LogP contribution in [0.3, 0.4) is 0 Å². The summed E-state index contributed by atoms with van der Waals surface area (Å²) in [6.07, 6.45) is -7.46. The molecule has 116 valence electrons. The van der Waals surface area contributed by atoms with E-state index in [1.807, 2.05) is 0 Å². The number of hydrogen-bond donors (Lipinski definition) is 1. The number of halogens is 4. The fourth-order valence-corrected chi connectivity index (χ4v) is 2.61. The minimum Gasteiger partial charge on any atom is -0.481 e. The SMILES string of the molecule is COCc1cc(Cl)cc2c1O[C@H](C(F)(F)F)[C@H](C(=O)O)C2. The summed E-state index contributed by atoms with van der Waals surface area (Å²) in [5.41, 5.74) is 0.695. The molecule has 1 aromatic rings. The Kier molecular flexibility index (Phi) is 4.34. The van der Waals surface area contributed by atoms with Gasteiger partial charge in [-0.15, -0.1) is 0 Å². The smallest absolute Gasteiger partial charge is 0.426 e. The normalized spacial score (nSPS) is 21.6. The lowest BCUT2D eigenvalue weighted by Gasteiger charge is -2.33.